The second kappa shape index (κ2) is 11.8. The van der Waals surface area contributed by atoms with Crippen molar-refractivity contribution >= 4 is 21.6 Å². The van der Waals surface area contributed by atoms with Gasteiger partial charge in [0.25, 0.3) is 10.0 Å². The molecule has 0 aliphatic rings. The summed E-state index contributed by atoms with van der Waals surface area (Å²) in [6.07, 6.45) is 0. The van der Waals surface area contributed by atoms with Gasteiger partial charge in [0.1, 0.15) is 12.3 Å². The third-order valence-electron chi connectivity index (χ3n) is 6.03. The number of hydrogen-bond donors (Lipinski definition) is 0. The Morgan fingerprint density at radius 2 is 1.24 bits per heavy atom. The van der Waals surface area contributed by atoms with Crippen molar-refractivity contribution < 1.29 is 17.9 Å². The Balaban J connectivity index is 1.69. The van der Waals surface area contributed by atoms with Gasteiger partial charge < -0.3 is 9.64 Å². The monoisotopic (exact) mass is 514 g/mol. The Morgan fingerprint density at radius 3 is 1.73 bits per heavy atom. The van der Waals surface area contributed by atoms with E-state index in [4.69, 9.17) is 4.74 Å². The van der Waals surface area contributed by atoms with Crippen LogP contribution in [-0.4, -0.2) is 32.9 Å². The second-order valence-electron chi connectivity index (χ2n) is 8.74. The summed E-state index contributed by atoms with van der Waals surface area (Å²) >= 11 is 0. The number of methoxy groups -OCH3 is 1. The molecule has 4 rings (SSSR count). The molecule has 0 radical (unpaired) electrons. The van der Waals surface area contributed by atoms with Crippen LogP contribution in [0.3, 0.4) is 0 Å². The van der Waals surface area contributed by atoms with Gasteiger partial charge in [0, 0.05) is 13.1 Å². The average Bonchev–Trinajstić information content (AvgIpc) is 2.93. The van der Waals surface area contributed by atoms with Crippen LogP contribution in [0.15, 0.2) is 114 Å². The molecular formula is C30H30N2O4S. The summed E-state index contributed by atoms with van der Waals surface area (Å²) in [6, 6.07) is 32.7. The van der Waals surface area contributed by atoms with E-state index in [9.17, 15) is 13.2 Å². The largest absolute Gasteiger partial charge is 0.497 e. The maximum Gasteiger partial charge on any atom is 0.264 e. The number of carbonyl (C=O) groups excluding carboxylic acids is 1. The van der Waals surface area contributed by atoms with Crippen LogP contribution in [0.1, 0.15) is 16.7 Å². The highest BCUT2D eigenvalue weighted by Gasteiger charge is 2.29. The highest BCUT2D eigenvalue weighted by atomic mass is 32.2. The van der Waals surface area contributed by atoms with E-state index in [-0.39, 0.29) is 17.3 Å². The minimum absolute atomic E-state index is 0.0827. The number of rotatable bonds is 10. The Labute approximate surface area is 218 Å². The smallest absolute Gasteiger partial charge is 0.264 e. The molecule has 0 atom stereocenters. The fraction of sp³-hybridized carbons (Fsp3) is 0.167. The van der Waals surface area contributed by atoms with Crippen molar-refractivity contribution in [2.24, 2.45) is 0 Å². The number of anilines is 1. The van der Waals surface area contributed by atoms with Crippen molar-refractivity contribution in [2.75, 3.05) is 18.0 Å². The third-order valence-corrected chi connectivity index (χ3v) is 7.82. The first-order chi connectivity index (χ1) is 17.9. The molecule has 0 saturated carbocycles. The van der Waals surface area contributed by atoms with Crippen molar-refractivity contribution in [3.8, 4) is 5.75 Å². The molecule has 0 aliphatic heterocycles. The van der Waals surface area contributed by atoms with Gasteiger partial charge >= 0.3 is 0 Å². The summed E-state index contributed by atoms with van der Waals surface area (Å²) in [5.74, 6) is 0.249. The summed E-state index contributed by atoms with van der Waals surface area (Å²) in [4.78, 5) is 15.6. The predicted molar refractivity (Wildman–Crippen MR) is 146 cm³/mol. The number of aryl methyl sites for hydroxylation is 1. The minimum Gasteiger partial charge on any atom is -0.497 e. The molecule has 0 fully saturated rings. The topological polar surface area (TPSA) is 66.9 Å². The van der Waals surface area contributed by atoms with Crippen LogP contribution in [0.4, 0.5) is 5.69 Å². The van der Waals surface area contributed by atoms with E-state index in [1.54, 1.807) is 29.2 Å². The fourth-order valence-electron chi connectivity index (χ4n) is 3.96. The van der Waals surface area contributed by atoms with E-state index in [0.29, 0.717) is 24.5 Å². The number of ether oxygens (including phenoxy) is 1. The first-order valence-electron chi connectivity index (χ1n) is 12.0. The molecule has 190 valence electrons. The second-order valence-corrected chi connectivity index (χ2v) is 10.6. The zero-order valence-electron chi connectivity index (χ0n) is 20.9. The zero-order chi connectivity index (χ0) is 26.3. The lowest BCUT2D eigenvalue weighted by Gasteiger charge is -2.29. The van der Waals surface area contributed by atoms with Crippen molar-refractivity contribution in [1.29, 1.82) is 0 Å². The van der Waals surface area contributed by atoms with E-state index in [1.807, 2.05) is 79.7 Å². The molecule has 0 spiro atoms. The molecule has 0 heterocycles. The Morgan fingerprint density at radius 1 is 0.730 bits per heavy atom. The van der Waals surface area contributed by atoms with E-state index in [2.05, 4.69) is 0 Å². The molecule has 0 bridgehead atoms. The van der Waals surface area contributed by atoms with Crippen molar-refractivity contribution in [2.45, 2.75) is 24.9 Å². The van der Waals surface area contributed by atoms with Crippen LogP contribution in [-0.2, 0) is 27.9 Å². The molecular weight excluding hydrogens is 484 g/mol. The zero-order valence-corrected chi connectivity index (χ0v) is 21.8. The van der Waals surface area contributed by atoms with Gasteiger partial charge in [-0.15, -0.1) is 0 Å². The lowest BCUT2D eigenvalue weighted by molar-refractivity contribution is -0.130. The highest BCUT2D eigenvalue weighted by Crippen LogP contribution is 2.26. The quantitative estimate of drug-likeness (QED) is 0.283. The van der Waals surface area contributed by atoms with Gasteiger partial charge in [-0.25, -0.2) is 8.42 Å². The summed E-state index contributed by atoms with van der Waals surface area (Å²) in [5.41, 5.74) is 3.35. The molecule has 0 saturated heterocycles. The Hall–Kier alpha value is -4.10. The summed E-state index contributed by atoms with van der Waals surface area (Å²) in [7, 11) is -2.51. The molecule has 7 heteroatoms. The lowest BCUT2D eigenvalue weighted by Crippen LogP contribution is -2.42. The van der Waals surface area contributed by atoms with Crippen LogP contribution in [0.2, 0.25) is 0 Å². The number of nitrogens with zero attached hydrogens (tertiary/aromatic N) is 2. The molecule has 4 aromatic carbocycles. The van der Waals surface area contributed by atoms with E-state index in [1.165, 1.54) is 23.5 Å². The van der Waals surface area contributed by atoms with Gasteiger partial charge in [-0.3, -0.25) is 9.10 Å². The summed E-state index contributed by atoms with van der Waals surface area (Å²) in [6.45, 7) is 2.31. The standard InChI is InChI=1S/C30H30N2O4S/c1-24-13-15-27(16-14-24)32(37(34,35)29-19-17-28(36-2)18-20-29)23-30(33)31(21-25-9-5-3-6-10-25)22-26-11-7-4-8-12-26/h3-20H,21-23H2,1-2H3. The first kappa shape index (κ1) is 26.0. The van der Waals surface area contributed by atoms with Crippen molar-refractivity contribution in [3.05, 3.63) is 126 Å². The minimum atomic E-state index is -4.04. The maximum absolute atomic E-state index is 13.8. The van der Waals surface area contributed by atoms with Crippen molar-refractivity contribution in [3.63, 3.8) is 0 Å². The lowest BCUT2D eigenvalue weighted by atomic mass is 10.1. The predicted octanol–water partition coefficient (Wildman–Crippen LogP) is 5.43. The van der Waals surface area contributed by atoms with Gasteiger partial charge in [0.2, 0.25) is 5.91 Å². The molecule has 6 nitrogen and oxygen atoms in total. The number of amides is 1. The molecule has 4 aromatic rings. The Bertz CT molecular complexity index is 1360. The Kier molecular flexibility index (Phi) is 8.25. The van der Waals surface area contributed by atoms with Gasteiger partial charge in [-0.2, -0.15) is 0 Å². The molecule has 0 unspecified atom stereocenters. The first-order valence-corrected chi connectivity index (χ1v) is 13.4. The third kappa shape index (κ3) is 6.57. The summed E-state index contributed by atoms with van der Waals surface area (Å²) < 4.78 is 34.0. The van der Waals surface area contributed by atoms with Crippen LogP contribution in [0, 0.1) is 6.92 Å². The van der Waals surface area contributed by atoms with Gasteiger partial charge in [0.15, 0.2) is 0 Å². The molecule has 37 heavy (non-hydrogen) atoms. The van der Waals surface area contributed by atoms with E-state index >= 15 is 0 Å². The fourth-order valence-corrected chi connectivity index (χ4v) is 5.38. The van der Waals surface area contributed by atoms with Gasteiger partial charge in [-0.1, -0.05) is 78.4 Å². The highest BCUT2D eigenvalue weighted by molar-refractivity contribution is 7.92. The van der Waals surface area contributed by atoms with Crippen LogP contribution < -0.4 is 9.04 Å². The van der Waals surface area contributed by atoms with Crippen LogP contribution in [0.25, 0.3) is 0 Å². The summed E-state index contributed by atoms with van der Waals surface area (Å²) in [5, 5.41) is 0. The normalized spacial score (nSPS) is 11.1. The van der Waals surface area contributed by atoms with Crippen LogP contribution in [0.5, 0.6) is 5.75 Å². The number of carbonyl (C=O) groups is 1. The average molecular weight is 515 g/mol. The molecule has 0 N–H and O–H groups in total. The van der Waals surface area contributed by atoms with Gasteiger partial charge in [0.05, 0.1) is 17.7 Å². The number of sulfonamides is 1. The molecule has 1 amide bonds. The SMILES string of the molecule is COc1ccc(S(=O)(=O)N(CC(=O)N(Cc2ccccc2)Cc2ccccc2)c2ccc(C)cc2)cc1. The molecule has 0 aliphatic carbocycles. The number of benzene rings is 4. The van der Waals surface area contributed by atoms with E-state index in [0.717, 1.165) is 16.7 Å². The number of hydrogen-bond acceptors (Lipinski definition) is 4. The van der Waals surface area contributed by atoms with Crippen LogP contribution >= 0.6 is 0 Å². The molecule has 0 aromatic heterocycles. The van der Waals surface area contributed by atoms with Gasteiger partial charge in [-0.05, 0) is 54.4 Å². The van der Waals surface area contributed by atoms with Crippen molar-refractivity contribution in [1.82, 2.24) is 4.90 Å². The van der Waals surface area contributed by atoms with E-state index < -0.39 is 10.0 Å². The maximum atomic E-state index is 13.8.